The van der Waals surface area contributed by atoms with Gasteiger partial charge in [0.1, 0.15) is 0 Å². The molecule has 2 heteroatoms. The van der Waals surface area contributed by atoms with E-state index in [0.717, 1.165) is 5.36 Å². The molecule has 0 atom stereocenters. The quantitative estimate of drug-likeness (QED) is 0.746. The molecule has 0 aromatic heterocycles. The highest BCUT2D eigenvalue weighted by molar-refractivity contribution is 6.72. The first-order valence-corrected chi connectivity index (χ1v) is 11.0. The fourth-order valence-corrected chi connectivity index (χ4v) is 5.57. The molecule has 119 valence electrons. The van der Waals surface area contributed by atoms with E-state index in [-0.39, 0.29) is 0 Å². The summed E-state index contributed by atoms with van der Waals surface area (Å²) < 4.78 is 0. The highest BCUT2D eigenvalue weighted by atomic mass is 28.3. The summed E-state index contributed by atoms with van der Waals surface area (Å²) in [6.45, 7) is 11.4. The summed E-state index contributed by atoms with van der Waals surface area (Å²) in [4.78, 5) is 4.99. The molecule has 2 aliphatic rings. The van der Waals surface area contributed by atoms with Gasteiger partial charge in [-0.3, -0.25) is 0 Å². The summed E-state index contributed by atoms with van der Waals surface area (Å²) in [6, 6.07) is 13.1. The zero-order chi connectivity index (χ0) is 17.0. The molecule has 1 nitrogen and oxygen atoms in total. The minimum absolute atomic E-state index is 0.586. The van der Waals surface area contributed by atoms with Crippen LogP contribution in [0.3, 0.4) is 0 Å². The van der Waals surface area contributed by atoms with Gasteiger partial charge in [-0.1, -0.05) is 48.6 Å². The molecule has 0 amide bonds. The molecule has 0 unspecified atom stereocenters. The Balaban J connectivity index is 2.23. The molecule has 1 radical (unpaired) electrons. The van der Waals surface area contributed by atoms with E-state index in [1.165, 1.54) is 44.3 Å². The summed E-state index contributed by atoms with van der Waals surface area (Å²) in [5.74, 6) is 0. The molecule has 4 rings (SSSR count). The molecule has 24 heavy (non-hydrogen) atoms. The van der Waals surface area contributed by atoms with Crippen LogP contribution in [0.1, 0.15) is 19.4 Å². The van der Waals surface area contributed by atoms with E-state index in [4.69, 9.17) is 4.99 Å². The van der Waals surface area contributed by atoms with Crippen molar-refractivity contribution in [3.05, 3.63) is 75.5 Å². The van der Waals surface area contributed by atoms with E-state index in [1.54, 1.807) is 5.19 Å². The molecule has 0 fully saturated rings. The summed E-state index contributed by atoms with van der Waals surface area (Å²) in [5.41, 5.74) is 9.28. The van der Waals surface area contributed by atoms with Crippen LogP contribution in [-0.2, 0) is 0 Å². The molecular formula is C22H22NSi. The zero-order valence-electron chi connectivity index (χ0n) is 15.0. The number of rotatable bonds is 2. The second-order valence-corrected chi connectivity index (χ2v) is 9.53. The van der Waals surface area contributed by atoms with Gasteiger partial charge in [0.2, 0.25) is 0 Å². The van der Waals surface area contributed by atoms with Crippen molar-refractivity contribution >= 4 is 19.6 Å². The first-order valence-electron chi connectivity index (χ1n) is 8.51. The second-order valence-electron chi connectivity index (χ2n) is 7.03. The van der Waals surface area contributed by atoms with Crippen LogP contribution in [-0.4, -0.2) is 8.80 Å². The normalized spacial score (nSPS) is 15.6. The van der Waals surface area contributed by atoms with Crippen molar-refractivity contribution in [3.63, 3.8) is 0 Å². The minimum Gasteiger partial charge on any atom is -0.247 e. The monoisotopic (exact) mass is 328 g/mol. The van der Waals surface area contributed by atoms with Crippen LogP contribution in [0.2, 0.25) is 13.1 Å². The number of fused-ring (bicyclic) bond motifs is 2. The van der Waals surface area contributed by atoms with Gasteiger partial charge in [0.05, 0.1) is 19.9 Å². The molecular weight excluding hydrogens is 306 g/mol. The number of hydrogen-bond acceptors (Lipinski definition) is 1. The van der Waals surface area contributed by atoms with Crippen molar-refractivity contribution in [1.29, 1.82) is 0 Å². The van der Waals surface area contributed by atoms with Crippen LogP contribution >= 0.6 is 0 Å². The maximum Gasteiger partial charge on any atom is 0.0803 e. The van der Waals surface area contributed by atoms with Crippen LogP contribution in [0.5, 0.6) is 0 Å². The van der Waals surface area contributed by atoms with Crippen molar-refractivity contribution in [1.82, 2.24) is 0 Å². The summed E-state index contributed by atoms with van der Waals surface area (Å²) >= 11 is 0. The number of allylic oxidation sites excluding steroid dienone is 3. The summed E-state index contributed by atoms with van der Waals surface area (Å²) in [7, 11) is -0.586. The van der Waals surface area contributed by atoms with Crippen LogP contribution in [0.4, 0.5) is 0 Å². The van der Waals surface area contributed by atoms with Crippen molar-refractivity contribution in [2.24, 2.45) is 4.99 Å². The number of aryl methyl sites for hydroxylation is 1. The predicted molar refractivity (Wildman–Crippen MR) is 104 cm³/mol. The van der Waals surface area contributed by atoms with E-state index in [2.05, 4.69) is 76.3 Å². The van der Waals surface area contributed by atoms with Crippen LogP contribution in [0.15, 0.2) is 64.3 Å². The van der Waals surface area contributed by atoms with Crippen LogP contribution < -0.4 is 15.8 Å². The standard InChI is InChI=1S/C22H22NSi/c1-13-11-17-20-18(23-21(17)15(13)3)12-14(2)22(24(4)5)19(20)16-9-7-6-8-10-16/h6-12H,1-5H3. The molecule has 0 saturated carbocycles. The van der Waals surface area contributed by atoms with Gasteiger partial charge in [-0.2, -0.15) is 0 Å². The first kappa shape index (κ1) is 15.3. The van der Waals surface area contributed by atoms with E-state index in [1.807, 2.05) is 0 Å². The van der Waals surface area contributed by atoms with E-state index in [9.17, 15) is 0 Å². The van der Waals surface area contributed by atoms with E-state index in [0.29, 0.717) is 0 Å². The Morgan fingerprint density at radius 3 is 2.33 bits per heavy atom. The van der Waals surface area contributed by atoms with Gasteiger partial charge in [0.25, 0.3) is 0 Å². The van der Waals surface area contributed by atoms with Gasteiger partial charge < -0.3 is 0 Å². The first-order chi connectivity index (χ1) is 11.5. The Morgan fingerprint density at radius 2 is 1.67 bits per heavy atom. The summed E-state index contributed by atoms with van der Waals surface area (Å²) in [6.07, 6.45) is 2.32. The largest absolute Gasteiger partial charge is 0.247 e. The van der Waals surface area contributed by atoms with E-state index < -0.39 is 8.80 Å². The highest BCUT2D eigenvalue weighted by Gasteiger charge is 2.25. The number of benzene rings is 2. The van der Waals surface area contributed by atoms with Gasteiger partial charge in [-0.15, -0.1) is 0 Å². The average Bonchev–Trinajstić information content (AvgIpc) is 3.03. The Morgan fingerprint density at radius 1 is 0.958 bits per heavy atom. The molecule has 0 spiro atoms. The SMILES string of the molecule is CC1=CC2=c3c(-c4ccccc4)c([Si](C)C)c(C)cc3=NC2=C1C. The third-order valence-corrected chi connectivity index (χ3v) is 6.77. The molecule has 1 aliphatic heterocycles. The third kappa shape index (κ3) is 2.10. The topological polar surface area (TPSA) is 12.4 Å². The molecule has 1 aliphatic carbocycles. The lowest BCUT2D eigenvalue weighted by molar-refractivity contribution is 1.24. The minimum atomic E-state index is -0.586. The van der Waals surface area contributed by atoms with Crippen molar-refractivity contribution < 1.29 is 0 Å². The zero-order valence-corrected chi connectivity index (χ0v) is 16.0. The maximum absolute atomic E-state index is 4.99. The summed E-state index contributed by atoms with van der Waals surface area (Å²) in [5, 5.41) is 4.04. The Labute approximate surface area is 145 Å². The van der Waals surface area contributed by atoms with Crippen LogP contribution in [0.25, 0.3) is 16.7 Å². The molecule has 1 heterocycles. The predicted octanol–water partition coefficient (Wildman–Crippen LogP) is 3.64. The lowest BCUT2D eigenvalue weighted by Crippen LogP contribution is -2.39. The Kier molecular flexibility index (Phi) is 3.46. The molecule has 0 saturated heterocycles. The van der Waals surface area contributed by atoms with Crippen molar-refractivity contribution in [3.8, 4) is 11.1 Å². The van der Waals surface area contributed by atoms with Gasteiger partial charge >= 0.3 is 0 Å². The Bertz CT molecular complexity index is 1040. The van der Waals surface area contributed by atoms with Crippen LogP contribution in [0, 0.1) is 6.92 Å². The molecule has 2 aromatic carbocycles. The smallest absolute Gasteiger partial charge is 0.0803 e. The maximum atomic E-state index is 4.99. The average molecular weight is 329 g/mol. The fraction of sp³-hybridized carbons (Fsp3) is 0.227. The highest BCUT2D eigenvalue weighted by Crippen LogP contribution is 2.33. The van der Waals surface area contributed by atoms with Crippen molar-refractivity contribution in [2.75, 3.05) is 0 Å². The molecule has 0 N–H and O–H groups in total. The van der Waals surface area contributed by atoms with Gasteiger partial charge in [0, 0.05) is 10.8 Å². The lowest BCUT2D eigenvalue weighted by Gasteiger charge is -2.16. The van der Waals surface area contributed by atoms with Gasteiger partial charge in [-0.05, 0) is 60.8 Å². The molecule has 0 bridgehead atoms. The second kappa shape index (κ2) is 5.42. The van der Waals surface area contributed by atoms with Gasteiger partial charge in [0.15, 0.2) is 0 Å². The van der Waals surface area contributed by atoms with E-state index >= 15 is 0 Å². The van der Waals surface area contributed by atoms with Gasteiger partial charge in [-0.25, -0.2) is 4.99 Å². The lowest BCUT2D eigenvalue weighted by atomic mass is 9.98. The molecule has 2 aromatic rings. The number of hydrogen-bond donors (Lipinski definition) is 0. The number of nitrogens with zero attached hydrogens (tertiary/aromatic N) is 1. The fourth-order valence-electron chi connectivity index (χ4n) is 3.94. The Hall–Kier alpha value is -2.19. The van der Waals surface area contributed by atoms with Crippen molar-refractivity contribution in [2.45, 2.75) is 33.9 Å². The third-order valence-electron chi connectivity index (χ3n) is 5.13.